The quantitative estimate of drug-likeness (QED) is 0.419. The maximum atomic E-state index is 3.25. The lowest BCUT2D eigenvalue weighted by atomic mass is 10.8. The van der Waals surface area contributed by atoms with E-state index in [1.54, 1.807) is 0 Å². The first kappa shape index (κ1) is 9.08. The Morgan fingerprint density at radius 1 is 0.833 bits per heavy atom. The van der Waals surface area contributed by atoms with Crippen molar-refractivity contribution < 1.29 is 0 Å². The van der Waals surface area contributed by atoms with E-state index in [4.69, 9.17) is 0 Å². The topological polar surface area (TPSA) is 0 Å². The zero-order chi connectivity index (χ0) is 5.41. The number of rotatable bonds is 0. The van der Waals surface area contributed by atoms with E-state index in [9.17, 15) is 0 Å². The summed E-state index contributed by atoms with van der Waals surface area (Å²) < 4.78 is 0. The van der Waals surface area contributed by atoms with E-state index >= 15 is 0 Å². The maximum Gasteiger partial charge on any atom is -0.0319 e. The van der Waals surface area contributed by atoms with E-state index < -0.39 is 0 Å². The van der Waals surface area contributed by atoms with E-state index in [0.29, 0.717) is 0 Å². The van der Waals surface area contributed by atoms with Crippen LogP contribution in [-0.4, -0.2) is 0 Å². The van der Waals surface area contributed by atoms with Crippen LogP contribution >= 0.6 is 0 Å². The molecule has 0 amide bonds. The fraction of sp³-hybridized carbons (Fsp3) is 0. The van der Waals surface area contributed by atoms with Crippen molar-refractivity contribution >= 4 is 0 Å². The van der Waals surface area contributed by atoms with Crippen LogP contribution in [0.3, 0.4) is 0 Å². The van der Waals surface area contributed by atoms with Crippen LogP contribution in [0.25, 0.3) is 0 Å². The van der Waals surface area contributed by atoms with Gasteiger partial charge in [-0.3, -0.25) is 0 Å². The minimum Gasteiger partial charge on any atom is -0.103 e. The summed E-state index contributed by atoms with van der Waals surface area (Å²) in [7, 11) is 0. The average molecular weight is 82.1 g/mol. The third kappa shape index (κ3) is 79.2. The van der Waals surface area contributed by atoms with Crippen molar-refractivity contribution in [3.63, 3.8) is 0 Å². The van der Waals surface area contributed by atoms with E-state index in [1.807, 2.05) is 0 Å². The Morgan fingerprint density at radius 2 is 0.833 bits per heavy atom. The standard InChI is InChI=1S/2C3H5/c2*1-3-2/h2*3H,1-2H2. The molecule has 34 valence electrons. The average Bonchev–Trinajstić information content (AvgIpc) is 1.39. The Hall–Kier alpha value is -0.520. The second kappa shape index (κ2) is 24.8. The van der Waals surface area contributed by atoms with E-state index in [0.717, 1.165) is 0 Å². The molecule has 0 unspecified atom stereocenters. The molecule has 0 aliphatic carbocycles. The van der Waals surface area contributed by atoms with Crippen molar-refractivity contribution in [2.24, 2.45) is 0 Å². The Labute approximate surface area is 40.2 Å². The lowest BCUT2D eigenvalue weighted by Gasteiger charge is -1.30. The highest BCUT2D eigenvalue weighted by molar-refractivity contribution is 4.66. The van der Waals surface area contributed by atoms with Crippen molar-refractivity contribution in [2.75, 3.05) is 0 Å². The predicted molar refractivity (Wildman–Crippen MR) is 31.1 cm³/mol. The van der Waals surface area contributed by atoms with Gasteiger partial charge in [0.15, 0.2) is 0 Å². The third-order valence-electron chi connectivity index (χ3n) is 0. The van der Waals surface area contributed by atoms with Gasteiger partial charge in [0.2, 0.25) is 0 Å². The summed E-state index contributed by atoms with van der Waals surface area (Å²) in [5.41, 5.74) is 0. The summed E-state index contributed by atoms with van der Waals surface area (Å²) in [5, 5.41) is 0. The van der Waals surface area contributed by atoms with Gasteiger partial charge in [0.05, 0.1) is 0 Å². The van der Waals surface area contributed by atoms with Gasteiger partial charge in [0.1, 0.15) is 0 Å². The molecule has 0 aliphatic rings. The molecule has 0 atom stereocenters. The van der Waals surface area contributed by atoms with Gasteiger partial charge in [0.25, 0.3) is 0 Å². The highest BCUT2D eigenvalue weighted by Gasteiger charge is 1.16. The first-order valence-electron chi connectivity index (χ1n) is 1.63. The molecule has 0 rings (SSSR count). The molecule has 6 heavy (non-hydrogen) atoms. The van der Waals surface area contributed by atoms with Crippen LogP contribution in [0, 0.1) is 13.8 Å². The smallest absolute Gasteiger partial charge is 0.0319 e. The maximum absolute atomic E-state index is 3.25. The SMILES string of the molecule is [CH2]C=C.[CH2]C=C. The highest BCUT2D eigenvalue weighted by Crippen LogP contribution is 1.36. The number of allylic oxidation sites excluding steroid dienone is 2. The zero-order valence-electron chi connectivity index (χ0n) is 3.98. The largest absolute Gasteiger partial charge is 0.103 e. The third-order valence-corrected chi connectivity index (χ3v) is 0. The fourth-order valence-corrected chi connectivity index (χ4v) is 0. The molecule has 0 aromatic rings. The molecule has 0 fully saturated rings. The van der Waals surface area contributed by atoms with Gasteiger partial charge in [-0.15, -0.1) is 13.2 Å². The molecule has 0 bridgehead atoms. The van der Waals surface area contributed by atoms with Crippen molar-refractivity contribution in [3.8, 4) is 0 Å². The molecule has 0 aliphatic heterocycles. The lowest BCUT2D eigenvalue weighted by molar-refractivity contribution is 2.19. The summed E-state index contributed by atoms with van der Waals surface area (Å²) in [6.45, 7) is 13.0. The van der Waals surface area contributed by atoms with Crippen molar-refractivity contribution in [1.29, 1.82) is 0 Å². The Morgan fingerprint density at radius 3 is 0.833 bits per heavy atom. The Kier molecular flexibility index (Phi) is 37.5. The van der Waals surface area contributed by atoms with Crippen LogP contribution in [0.1, 0.15) is 0 Å². The van der Waals surface area contributed by atoms with Crippen LogP contribution in [-0.2, 0) is 0 Å². The van der Waals surface area contributed by atoms with Gasteiger partial charge in [-0.05, 0) is 13.8 Å². The first-order valence-corrected chi connectivity index (χ1v) is 1.63. The summed E-state index contributed by atoms with van der Waals surface area (Å²) in [6, 6.07) is 0. The predicted octanol–water partition coefficient (Wildman–Crippen LogP) is 2.01. The number of hydrogen-bond acceptors (Lipinski definition) is 0. The molecule has 0 saturated carbocycles. The highest BCUT2D eigenvalue weighted by atomic mass is 13.2. The van der Waals surface area contributed by atoms with E-state index in [1.165, 1.54) is 12.2 Å². The van der Waals surface area contributed by atoms with Gasteiger partial charge >= 0.3 is 0 Å². The molecule has 0 heteroatoms. The van der Waals surface area contributed by atoms with Crippen LogP contribution in [0.5, 0.6) is 0 Å². The van der Waals surface area contributed by atoms with Gasteiger partial charge in [-0.1, -0.05) is 12.2 Å². The van der Waals surface area contributed by atoms with Crippen molar-refractivity contribution in [1.82, 2.24) is 0 Å². The molecule has 2 radical (unpaired) electrons. The van der Waals surface area contributed by atoms with E-state index in [2.05, 4.69) is 27.0 Å². The second-order valence-corrected chi connectivity index (χ2v) is 0.577. The minimum atomic E-state index is 1.50. The van der Waals surface area contributed by atoms with Crippen molar-refractivity contribution in [3.05, 3.63) is 39.2 Å². The lowest BCUT2D eigenvalue weighted by Crippen LogP contribution is -1.09. The summed E-state index contributed by atoms with van der Waals surface area (Å²) in [4.78, 5) is 0. The molecule has 0 spiro atoms. The summed E-state index contributed by atoms with van der Waals surface area (Å²) >= 11 is 0. The molecule has 0 N–H and O–H groups in total. The van der Waals surface area contributed by atoms with E-state index in [-0.39, 0.29) is 0 Å². The van der Waals surface area contributed by atoms with Crippen molar-refractivity contribution in [2.45, 2.75) is 0 Å². The molecular formula is C6H10. The Balaban J connectivity index is 0. The first-order chi connectivity index (χ1) is 2.83. The molecule has 0 aromatic carbocycles. The minimum absolute atomic E-state index is 1.50. The van der Waals surface area contributed by atoms with Gasteiger partial charge in [0, 0.05) is 0 Å². The van der Waals surface area contributed by atoms with Crippen LogP contribution < -0.4 is 0 Å². The molecule has 0 saturated heterocycles. The summed E-state index contributed by atoms with van der Waals surface area (Å²) in [6.07, 6.45) is 3.00. The van der Waals surface area contributed by atoms with Gasteiger partial charge in [-0.25, -0.2) is 0 Å². The van der Waals surface area contributed by atoms with Crippen LogP contribution in [0.2, 0.25) is 0 Å². The van der Waals surface area contributed by atoms with Crippen LogP contribution in [0.4, 0.5) is 0 Å². The van der Waals surface area contributed by atoms with Gasteiger partial charge in [-0.2, -0.15) is 0 Å². The number of hydrogen-bond donors (Lipinski definition) is 0. The molecule has 0 aromatic heterocycles. The molecule has 0 heterocycles. The Bertz CT molecular complexity index is 21.0. The van der Waals surface area contributed by atoms with Crippen LogP contribution in [0.15, 0.2) is 25.3 Å². The fourth-order valence-electron chi connectivity index (χ4n) is 0. The summed E-state index contributed by atoms with van der Waals surface area (Å²) in [5.74, 6) is 0. The monoisotopic (exact) mass is 82.1 g/mol. The molecule has 0 nitrogen and oxygen atoms in total. The second-order valence-electron chi connectivity index (χ2n) is 0.577. The zero-order valence-corrected chi connectivity index (χ0v) is 3.98. The van der Waals surface area contributed by atoms with Gasteiger partial charge < -0.3 is 0 Å². The molecular weight excluding hydrogens is 72.1 g/mol. The normalized spacial score (nSPS) is 4.33.